The Balaban J connectivity index is 2.01. The van der Waals surface area contributed by atoms with Crippen molar-refractivity contribution in [3.63, 3.8) is 0 Å². The van der Waals surface area contributed by atoms with E-state index in [1.54, 1.807) is 0 Å². The summed E-state index contributed by atoms with van der Waals surface area (Å²) in [5, 5.41) is 3.67. The highest BCUT2D eigenvalue weighted by Gasteiger charge is 2.13. The van der Waals surface area contributed by atoms with Crippen molar-refractivity contribution in [2.45, 2.75) is 46.7 Å². The Labute approximate surface area is 147 Å². The molecule has 0 fully saturated rings. The summed E-state index contributed by atoms with van der Waals surface area (Å²) in [6, 6.07) is 18.1. The maximum absolute atomic E-state index is 3.67. The summed E-state index contributed by atoms with van der Waals surface area (Å²) < 4.78 is 0. The third-order valence-corrected chi connectivity index (χ3v) is 4.53. The molecule has 130 valence electrons. The summed E-state index contributed by atoms with van der Waals surface area (Å²) in [5.41, 5.74) is 5.52. The fourth-order valence-corrected chi connectivity index (χ4v) is 3.35. The standard InChI is InChI=1S/C22H32N2/c1-5-23-22(21-15-18(3)14-19(4)16-21)12-13-24(6-2)17-20-10-8-7-9-11-20/h7-11,14-16,22-23H,5-6,12-13,17H2,1-4H3. The molecule has 2 heteroatoms. The van der Waals surface area contributed by atoms with Crippen LogP contribution in [-0.2, 0) is 6.54 Å². The van der Waals surface area contributed by atoms with Gasteiger partial charge in [-0.15, -0.1) is 0 Å². The number of nitrogens with zero attached hydrogens (tertiary/aromatic N) is 1. The first kappa shape index (κ1) is 18.7. The van der Waals surface area contributed by atoms with Gasteiger partial charge < -0.3 is 5.32 Å². The number of aryl methyl sites for hydroxylation is 2. The number of hydrogen-bond donors (Lipinski definition) is 1. The van der Waals surface area contributed by atoms with E-state index in [0.29, 0.717) is 6.04 Å². The van der Waals surface area contributed by atoms with Gasteiger partial charge in [0.25, 0.3) is 0 Å². The van der Waals surface area contributed by atoms with E-state index in [4.69, 9.17) is 0 Å². The third kappa shape index (κ3) is 5.77. The Kier molecular flexibility index (Phi) is 7.48. The highest BCUT2D eigenvalue weighted by Crippen LogP contribution is 2.21. The lowest BCUT2D eigenvalue weighted by Gasteiger charge is -2.25. The predicted octanol–water partition coefficient (Wildman–Crippen LogP) is 4.87. The number of nitrogens with one attached hydrogen (secondary N) is 1. The summed E-state index contributed by atoms with van der Waals surface area (Å²) in [5.74, 6) is 0. The maximum Gasteiger partial charge on any atom is 0.0332 e. The third-order valence-electron chi connectivity index (χ3n) is 4.53. The number of rotatable bonds is 9. The van der Waals surface area contributed by atoms with Gasteiger partial charge in [-0.05, 0) is 44.5 Å². The van der Waals surface area contributed by atoms with Crippen molar-refractivity contribution < 1.29 is 0 Å². The first-order valence-corrected chi connectivity index (χ1v) is 9.20. The van der Waals surface area contributed by atoms with Crippen LogP contribution in [0.1, 0.15) is 48.6 Å². The highest BCUT2D eigenvalue weighted by atomic mass is 15.1. The van der Waals surface area contributed by atoms with E-state index in [2.05, 4.69) is 86.4 Å². The van der Waals surface area contributed by atoms with Gasteiger partial charge in [0, 0.05) is 19.1 Å². The molecular weight excluding hydrogens is 292 g/mol. The maximum atomic E-state index is 3.67. The Bertz CT molecular complexity index is 586. The Hall–Kier alpha value is -1.64. The lowest BCUT2D eigenvalue weighted by molar-refractivity contribution is 0.261. The fourth-order valence-electron chi connectivity index (χ4n) is 3.35. The van der Waals surface area contributed by atoms with E-state index in [0.717, 1.165) is 32.6 Å². The van der Waals surface area contributed by atoms with Crippen LogP contribution >= 0.6 is 0 Å². The number of hydrogen-bond acceptors (Lipinski definition) is 2. The molecule has 0 aliphatic heterocycles. The van der Waals surface area contributed by atoms with Crippen LogP contribution in [0.4, 0.5) is 0 Å². The lowest BCUT2D eigenvalue weighted by atomic mass is 9.98. The molecule has 1 unspecified atom stereocenters. The molecule has 0 spiro atoms. The highest BCUT2D eigenvalue weighted by molar-refractivity contribution is 5.30. The van der Waals surface area contributed by atoms with Gasteiger partial charge in [-0.2, -0.15) is 0 Å². The van der Waals surface area contributed by atoms with Crippen molar-refractivity contribution in [3.8, 4) is 0 Å². The molecule has 1 atom stereocenters. The molecule has 0 aliphatic rings. The van der Waals surface area contributed by atoms with Gasteiger partial charge in [0.15, 0.2) is 0 Å². The topological polar surface area (TPSA) is 15.3 Å². The van der Waals surface area contributed by atoms with Gasteiger partial charge in [0.05, 0.1) is 0 Å². The summed E-state index contributed by atoms with van der Waals surface area (Å²) in [7, 11) is 0. The summed E-state index contributed by atoms with van der Waals surface area (Å²) in [6.07, 6.45) is 1.14. The molecule has 1 N–H and O–H groups in total. The average Bonchev–Trinajstić information content (AvgIpc) is 2.57. The van der Waals surface area contributed by atoms with E-state index in [9.17, 15) is 0 Å². The quantitative estimate of drug-likeness (QED) is 0.708. The van der Waals surface area contributed by atoms with Crippen LogP contribution in [0.25, 0.3) is 0 Å². The Morgan fingerprint density at radius 1 is 0.958 bits per heavy atom. The summed E-state index contributed by atoms with van der Waals surface area (Å²) in [6.45, 7) is 13.0. The molecule has 24 heavy (non-hydrogen) atoms. The van der Waals surface area contributed by atoms with Crippen molar-refractivity contribution in [1.29, 1.82) is 0 Å². The van der Waals surface area contributed by atoms with Crippen molar-refractivity contribution in [2.75, 3.05) is 19.6 Å². The zero-order valence-corrected chi connectivity index (χ0v) is 15.7. The van der Waals surface area contributed by atoms with Crippen molar-refractivity contribution in [1.82, 2.24) is 10.2 Å². The van der Waals surface area contributed by atoms with E-state index in [1.165, 1.54) is 22.3 Å². The monoisotopic (exact) mass is 324 g/mol. The first-order chi connectivity index (χ1) is 11.6. The van der Waals surface area contributed by atoms with Crippen LogP contribution in [0.5, 0.6) is 0 Å². The first-order valence-electron chi connectivity index (χ1n) is 9.20. The lowest BCUT2D eigenvalue weighted by Crippen LogP contribution is -2.29. The smallest absolute Gasteiger partial charge is 0.0332 e. The average molecular weight is 325 g/mol. The van der Waals surface area contributed by atoms with Gasteiger partial charge in [0.1, 0.15) is 0 Å². The minimum Gasteiger partial charge on any atom is -0.310 e. The molecule has 0 amide bonds. The van der Waals surface area contributed by atoms with Crippen molar-refractivity contribution in [2.24, 2.45) is 0 Å². The zero-order chi connectivity index (χ0) is 17.4. The molecule has 2 aromatic carbocycles. The second kappa shape index (κ2) is 9.61. The van der Waals surface area contributed by atoms with E-state index >= 15 is 0 Å². The molecule has 0 aromatic heterocycles. The van der Waals surface area contributed by atoms with E-state index in [1.807, 2.05) is 0 Å². The van der Waals surface area contributed by atoms with Crippen LogP contribution in [0.15, 0.2) is 48.5 Å². The molecule has 0 saturated heterocycles. The summed E-state index contributed by atoms with van der Waals surface area (Å²) >= 11 is 0. The fraction of sp³-hybridized carbons (Fsp3) is 0.455. The molecule has 0 saturated carbocycles. The van der Waals surface area contributed by atoms with Crippen LogP contribution in [0.2, 0.25) is 0 Å². The van der Waals surface area contributed by atoms with Gasteiger partial charge in [-0.25, -0.2) is 0 Å². The molecule has 2 rings (SSSR count). The van der Waals surface area contributed by atoms with Crippen molar-refractivity contribution >= 4 is 0 Å². The Morgan fingerprint density at radius 2 is 1.62 bits per heavy atom. The number of benzene rings is 2. The van der Waals surface area contributed by atoms with E-state index in [-0.39, 0.29) is 0 Å². The summed E-state index contributed by atoms with van der Waals surface area (Å²) in [4.78, 5) is 2.53. The van der Waals surface area contributed by atoms with Crippen LogP contribution in [0.3, 0.4) is 0 Å². The SMILES string of the molecule is CCNC(CCN(CC)Cc1ccccc1)c1cc(C)cc(C)c1. The van der Waals surface area contributed by atoms with Crippen molar-refractivity contribution in [3.05, 3.63) is 70.8 Å². The van der Waals surface area contributed by atoms with Crippen LogP contribution in [-0.4, -0.2) is 24.5 Å². The molecular formula is C22H32N2. The molecule has 2 aromatic rings. The molecule has 0 heterocycles. The van der Waals surface area contributed by atoms with Crippen LogP contribution < -0.4 is 5.32 Å². The van der Waals surface area contributed by atoms with E-state index < -0.39 is 0 Å². The normalized spacial score (nSPS) is 12.5. The van der Waals surface area contributed by atoms with Gasteiger partial charge >= 0.3 is 0 Å². The van der Waals surface area contributed by atoms with Gasteiger partial charge in [-0.3, -0.25) is 4.90 Å². The zero-order valence-electron chi connectivity index (χ0n) is 15.7. The molecule has 2 nitrogen and oxygen atoms in total. The minimum absolute atomic E-state index is 0.429. The predicted molar refractivity (Wildman–Crippen MR) is 104 cm³/mol. The Morgan fingerprint density at radius 3 is 2.21 bits per heavy atom. The van der Waals surface area contributed by atoms with Gasteiger partial charge in [0.2, 0.25) is 0 Å². The molecule has 0 bridgehead atoms. The second-order valence-corrected chi connectivity index (χ2v) is 6.67. The minimum atomic E-state index is 0.429. The second-order valence-electron chi connectivity index (χ2n) is 6.67. The molecule has 0 aliphatic carbocycles. The van der Waals surface area contributed by atoms with Crippen LogP contribution in [0, 0.1) is 13.8 Å². The van der Waals surface area contributed by atoms with Gasteiger partial charge in [-0.1, -0.05) is 73.5 Å². The molecule has 0 radical (unpaired) electrons. The largest absolute Gasteiger partial charge is 0.310 e.